The van der Waals surface area contributed by atoms with Crippen molar-refractivity contribution in [2.24, 2.45) is 5.92 Å². The zero-order valence-corrected chi connectivity index (χ0v) is 17.5. The van der Waals surface area contributed by atoms with Crippen LogP contribution in [-0.4, -0.2) is 37.6 Å². The number of benzene rings is 2. The molecule has 1 fully saturated rings. The molecule has 0 saturated carbocycles. The Hall–Kier alpha value is -2.42. The number of amides is 2. The second kappa shape index (κ2) is 8.94. The Morgan fingerprint density at radius 1 is 1.07 bits per heavy atom. The molecule has 0 radical (unpaired) electrons. The van der Waals surface area contributed by atoms with Crippen molar-refractivity contribution in [2.75, 3.05) is 23.7 Å². The first kappa shape index (κ1) is 21.3. The average molecular weight is 436 g/mol. The van der Waals surface area contributed by atoms with Gasteiger partial charge in [0.1, 0.15) is 0 Å². The molecule has 1 atom stereocenters. The summed E-state index contributed by atoms with van der Waals surface area (Å²) in [4.78, 5) is 23.9. The van der Waals surface area contributed by atoms with E-state index in [1.54, 1.807) is 36.4 Å². The van der Waals surface area contributed by atoms with Gasteiger partial charge in [-0.2, -0.15) is 4.31 Å². The lowest BCUT2D eigenvalue weighted by Crippen LogP contribution is -2.43. The number of rotatable bonds is 5. The van der Waals surface area contributed by atoms with Gasteiger partial charge in [0.2, 0.25) is 21.8 Å². The van der Waals surface area contributed by atoms with Crippen molar-refractivity contribution >= 4 is 44.8 Å². The molecule has 1 aliphatic heterocycles. The summed E-state index contributed by atoms with van der Waals surface area (Å²) in [6.45, 7) is 1.85. The Morgan fingerprint density at radius 2 is 1.79 bits per heavy atom. The Balaban J connectivity index is 1.70. The van der Waals surface area contributed by atoms with Crippen LogP contribution in [0.5, 0.6) is 0 Å². The minimum atomic E-state index is -3.73. The van der Waals surface area contributed by atoms with E-state index < -0.39 is 15.9 Å². The summed E-state index contributed by atoms with van der Waals surface area (Å²) in [6, 6.07) is 12.8. The molecular formula is C20H22ClN3O4S. The first-order chi connectivity index (χ1) is 13.8. The van der Waals surface area contributed by atoms with E-state index in [1.807, 2.05) is 0 Å². The number of halogens is 1. The smallest absolute Gasteiger partial charge is 0.243 e. The Bertz CT molecular complexity index is 1010. The van der Waals surface area contributed by atoms with Crippen LogP contribution in [0.4, 0.5) is 11.4 Å². The molecule has 9 heteroatoms. The number of hydrogen-bond acceptors (Lipinski definition) is 4. The first-order valence-corrected chi connectivity index (χ1v) is 11.0. The van der Waals surface area contributed by atoms with Crippen LogP contribution >= 0.6 is 11.6 Å². The van der Waals surface area contributed by atoms with Crippen molar-refractivity contribution in [3.63, 3.8) is 0 Å². The third-order valence-electron chi connectivity index (χ3n) is 4.66. The Morgan fingerprint density at radius 3 is 2.45 bits per heavy atom. The first-order valence-electron chi connectivity index (χ1n) is 9.20. The van der Waals surface area contributed by atoms with E-state index in [9.17, 15) is 18.0 Å². The number of carbonyl (C=O) groups is 2. The van der Waals surface area contributed by atoms with Crippen molar-refractivity contribution in [1.82, 2.24) is 4.31 Å². The van der Waals surface area contributed by atoms with Crippen LogP contribution in [0.1, 0.15) is 19.8 Å². The third-order valence-corrected chi connectivity index (χ3v) is 6.77. The monoisotopic (exact) mass is 435 g/mol. The summed E-state index contributed by atoms with van der Waals surface area (Å²) in [5, 5.41) is 5.92. The van der Waals surface area contributed by atoms with Crippen molar-refractivity contribution in [1.29, 1.82) is 0 Å². The topological polar surface area (TPSA) is 95.6 Å². The fourth-order valence-electron chi connectivity index (χ4n) is 3.25. The van der Waals surface area contributed by atoms with Crippen molar-refractivity contribution in [2.45, 2.75) is 24.7 Å². The highest BCUT2D eigenvalue weighted by Crippen LogP contribution is 2.26. The number of piperidine rings is 1. The quantitative estimate of drug-likeness (QED) is 0.752. The van der Waals surface area contributed by atoms with Crippen LogP contribution < -0.4 is 10.6 Å². The molecule has 2 aromatic carbocycles. The van der Waals surface area contributed by atoms with E-state index >= 15 is 0 Å². The third kappa shape index (κ3) is 5.35. The van der Waals surface area contributed by atoms with E-state index in [-0.39, 0.29) is 23.3 Å². The van der Waals surface area contributed by atoms with Crippen LogP contribution in [0.2, 0.25) is 5.02 Å². The number of nitrogens with zero attached hydrogens (tertiary/aromatic N) is 1. The number of nitrogens with one attached hydrogen (secondary N) is 2. The molecule has 1 aliphatic rings. The Kier molecular flexibility index (Phi) is 6.56. The second-order valence-corrected chi connectivity index (χ2v) is 9.28. The highest BCUT2D eigenvalue weighted by Gasteiger charge is 2.33. The molecule has 7 nitrogen and oxygen atoms in total. The molecule has 0 spiro atoms. The number of anilines is 2. The van der Waals surface area contributed by atoms with Crippen LogP contribution in [0, 0.1) is 5.92 Å². The predicted molar refractivity (Wildman–Crippen MR) is 112 cm³/mol. The molecule has 0 aromatic heterocycles. The number of sulfonamides is 1. The average Bonchev–Trinajstić information content (AvgIpc) is 2.68. The fourth-order valence-corrected chi connectivity index (χ4v) is 4.96. The number of carbonyl (C=O) groups excluding carboxylic acids is 2. The maximum absolute atomic E-state index is 13.0. The normalized spacial score (nSPS) is 17.5. The minimum Gasteiger partial charge on any atom is -0.326 e. The lowest BCUT2D eigenvalue weighted by Gasteiger charge is -2.31. The molecular weight excluding hydrogens is 414 g/mol. The van der Waals surface area contributed by atoms with E-state index in [0.29, 0.717) is 35.8 Å². The van der Waals surface area contributed by atoms with Crippen molar-refractivity contribution in [3.8, 4) is 0 Å². The summed E-state index contributed by atoms with van der Waals surface area (Å²) >= 11 is 5.94. The standard InChI is InChI=1S/C20H22ClN3O4S/c1-14(25)22-17-7-9-19(10-8-17)29(27,28)24-11-3-4-15(13-24)20(26)23-18-6-2-5-16(21)12-18/h2,5-10,12,15H,3-4,11,13H2,1H3,(H,22,25)(H,23,26)/t15-/m1/s1. The SMILES string of the molecule is CC(=O)Nc1ccc(S(=O)(=O)N2CCC[C@@H](C(=O)Nc3cccc(Cl)c3)C2)cc1. The van der Waals surface area contributed by atoms with Gasteiger partial charge >= 0.3 is 0 Å². The van der Waals surface area contributed by atoms with Gasteiger partial charge in [-0.25, -0.2) is 8.42 Å². The van der Waals surface area contributed by atoms with Gasteiger partial charge in [0.25, 0.3) is 0 Å². The maximum Gasteiger partial charge on any atom is 0.243 e. The molecule has 29 heavy (non-hydrogen) atoms. The highest BCUT2D eigenvalue weighted by atomic mass is 35.5. The lowest BCUT2D eigenvalue weighted by molar-refractivity contribution is -0.121. The van der Waals surface area contributed by atoms with Crippen LogP contribution in [-0.2, 0) is 19.6 Å². The molecule has 0 unspecified atom stereocenters. The summed E-state index contributed by atoms with van der Waals surface area (Å²) in [5.74, 6) is -0.908. The highest BCUT2D eigenvalue weighted by molar-refractivity contribution is 7.89. The largest absolute Gasteiger partial charge is 0.326 e. The second-order valence-electron chi connectivity index (χ2n) is 6.91. The van der Waals surface area contributed by atoms with Gasteiger partial charge < -0.3 is 10.6 Å². The zero-order valence-electron chi connectivity index (χ0n) is 15.9. The van der Waals surface area contributed by atoms with Gasteiger partial charge in [-0.15, -0.1) is 0 Å². The van der Waals surface area contributed by atoms with Crippen LogP contribution in [0.25, 0.3) is 0 Å². The molecule has 1 heterocycles. The molecule has 2 N–H and O–H groups in total. The fraction of sp³-hybridized carbons (Fsp3) is 0.300. The lowest BCUT2D eigenvalue weighted by atomic mass is 9.99. The van der Waals surface area contributed by atoms with Gasteiger partial charge in [0.05, 0.1) is 10.8 Å². The summed E-state index contributed by atoms with van der Waals surface area (Å²) < 4.78 is 27.3. The summed E-state index contributed by atoms with van der Waals surface area (Å²) in [5.41, 5.74) is 1.10. The molecule has 0 aliphatic carbocycles. The number of hydrogen-bond donors (Lipinski definition) is 2. The van der Waals surface area contributed by atoms with Crippen molar-refractivity contribution in [3.05, 3.63) is 53.6 Å². The summed E-state index contributed by atoms with van der Waals surface area (Å²) in [6.07, 6.45) is 1.21. The van der Waals surface area contributed by atoms with Gasteiger partial charge in [0, 0.05) is 36.4 Å². The van der Waals surface area contributed by atoms with E-state index in [1.165, 1.54) is 23.4 Å². The molecule has 154 valence electrons. The maximum atomic E-state index is 13.0. The van der Waals surface area contributed by atoms with E-state index in [0.717, 1.165) is 0 Å². The van der Waals surface area contributed by atoms with Gasteiger partial charge in [0.15, 0.2) is 0 Å². The minimum absolute atomic E-state index is 0.113. The van der Waals surface area contributed by atoms with Gasteiger partial charge in [-0.1, -0.05) is 17.7 Å². The molecule has 2 amide bonds. The van der Waals surface area contributed by atoms with Gasteiger partial charge in [-0.05, 0) is 55.3 Å². The molecule has 2 aromatic rings. The van der Waals surface area contributed by atoms with E-state index in [4.69, 9.17) is 11.6 Å². The van der Waals surface area contributed by atoms with Crippen molar-refractivity contribution < 1.29 is 18.0 Å². The predicted octanol–water partition coefficient (Wildman–Crippen LogP) is 3.34. The zero-order chi connectivity index (χ0) is 21.0. The molecule has 0 bridgehead atoms. The van der Waals surface area contributed by atoms with E-state index in [2.05, 4.69) is 10.6 Å². The summed E-state index contributed by atoms with van der Waals surface area (Å²) in [7, 11) is -3.73. The Labute approximate surface area is 175 Å². The van der Waals surface area contributed by atoms with Crippen LogP contribution in [0.15, 0.2) is 53.4 Å². The molecule has 1 saturated heterocycles. The molecule has 3 rings (SSSR count). The van der Waals surface area contributed by atoms with Crippen LogP contribution in [0.3, 0.4) is 0 Å². The van der Waals surface area contributed by atoms with Gasteiger partial charge in [-0.3, -0.25) is 9.59 Å².